The van der Waals surface area contributed by atoms with E-state index in [2.05, 4.69) is 86.1 Å². The number of carbonyl (C=O) groups is 2. The molecule has 9 heteroatoms. The molecule has 1 amide bonds. The van der Waals surface area contributed by atoms with Crippen molar-refractivity contribution >= 4 is 12.1 Å². The van der Waals surface area contributed by atoms with E-state index in [1.54, 1.807) is 0 Å². The number of imidazole rings is 2. The maximum Gasteiger partial charge on any atom is 0.408 e. The number of hydrogen-bond acceptors (Lipinski definition) is 6. The zero-order valence-corrected chi connectivity index (χ0v) is 30.7. The Bertz CT molecular complexity index is 1570. The number of nitrogens with zero attached hydrogens (tertiary/aromatic N) is 4. The number of ether oxygens (including phenoxy) is 2. The van der Waals surface area contributed by atoms with Crippen molar-refractivity contribution in [1.82, 2.24) is 24.4 Å². The number of amides is 1. The van der Waals surface area contributed by atoms with E-state index < -0.39 is 17.3 Å². The number of rotatable bonds is 10. The molecule has 0 aliphatic carbocycles. The van der Waals surface area contributed by atoms with Crippen molar-refractivity contribution in [2.75, 3.05) is 0 Å². The van der Waals surface area contributed by atoms with Gasteiger partial charge in [-0.15, -0.1) is 0 Å². The van der Waals surface area contributed by atoms with Gasteiger partial charge in [-0.05, 0) is 75.6 Å². The minimum atomic E-state index is -0.579. The van der Waals surface area contributed by atoms with Gasteiger partial charge < -0.3 is 23.9 Å². The molecule has 48 heavy (non-hydrogen) atoms. The van der Waals surface area contributed by atoms with Crippen LogP contribution in [0.2, 0.25) is 0 Å². The number of benzene rings is 2. The van der Waals surface area contributed by atoms with Crippen molar-refractivity contribution < 1.29 is 19.1 Å². The second-order valence-electron chi connectivity index (χ2n) is 15.3. The van der Waals surface area contributed by atoms with Gasteiger partial charge in [-0.25, -0.2) is 14.8 Å². The van der Waals surface area contributed by atoms with E-state index in [1.807, 2.05) is 72.6 Å². The van der Waals surface area contributed by atoms with Crippen LogP contribution >= 0.6 is 0 Å². The zero-order valence-electron chi connectivity index (χ0n) is 30.7. The van der Waals surface area contributed by atoms with Crippen molar-refractivity contribution in [3.63, 3.8) is 0 Å². The number of carbonyl (C=O) groups excluding carboxylic acids is 2. The lowest BCUT2D eigenvalue weighted by atomic mass is 9.91. The van der Waals surface area contributed by atoms with Crippen LogP contribution in [0, 0.1) is 11.8 Å². The first-order chi connectivity index (χ1) is 22.3. The lowest BCUT2D eigenvalue weighted by Crippen LogP contribution is -2.37. The van der Waals surface area contributed by atoms with Crippen molar-refractivity contribution in [3.05, 3.63) is 72.6 Å². The Morgan fingerprint density at radius 1 is 0.667 bits per heavy atom. The Kier molecular flexibility index (Phi) is 10.9. The molecule has 0 bridgehead atoms. The molecule has 9 nitrogen and oxygen atoms in total. The summed E-state index contributed by atoms with van der Waals surface area (Å²) in [5, 5.41) is 3.00. The molecule has 0 spiro atoms. The van der Waals surface area contributed by atoms with Crippen LogP contribution in [0.5, 0.6) is 0 Å². The average Bonchev–Trinajstić information content (AvgIpc) is 3.54. The second kappa shape index (κ2) is 14.4. The van der Waals surface area contributed by atoms with Gasteiger partial charge in [-0.3, -0.25) is 4.79 Å². The SMILES string of the molecule is CC(C)[C@H](CC(=O)OC(C)(C)C)c1ncc(-c2ccc(-c3ccc(-c4cnc([C@@H](NC(=O)OC(C)(C)C)C(C)C)n4C)cc3)cc2)n1C. The molecule has 4 aromatic rings. The summed E-state index contributed by atoms with van der Waals surface area (Å²) < 4.78 is 15.2. The molecule has 0 unspecified atom stereocenters. The number of esters is 1. The fraction of sp³-hybridized carbons (Fsp3) is 0.487. The molecular formula is C39H53N5O4. The van der Waals surface area contributed by atoms with Crippen LogP contribution in [0.25, 0.3) is 33.6 Å². The predicted molar refractivity (Wildman–Crippen MR) is 191 cm³/mol. The smallest absolute Gasteiger partial charge is 0.408 e. The van der Waals surface area contributed by atoms with Crippen molar-refractivity contribution in [2.45, 2.75) is 98.8 Å². The standard InChI is InChI=1S/C39H53N5O4/c1-24(2)30(21-33(45)47-38(5,6)7)35-40-22-31(43(35)11)28-17-13-26(14-18-28)27-15-19-29(20-16-27)32-23-41-36(44(32)12)34(25(3)4)42-37(46)48-39(8,9)10/h13-20,22-25,30,34H,21H2,1-12H3,(H,42,46)/t30-,34-/m0/s1. The van der Waals surface area contributed by atoms with Gasteiger partial charge in [0, 0.05) is 20.0 Å². The van der Waals surface area contributed by atoms with E-state index in [0.717, 1.165) is 45.3 Å². The Morgan fingerprint density at radius 2 is 1.08 bits per heavy atom. The number of alkyl carbamates (subject to hydrolysis) is 1. The van der Waals surface area contributed by atoms with Crippen LogP contribution in [0.15, 0.2) is 60.9 Å². The highest BCUT2D eigenvalue weighted by Gasteiger charge is 2.28. The van der Waals surface area contributed by atoms with Gasteiger partial charge in [0.1, 0.15) is 22.9 Å². The van der Waals surface area contributed by atoms with Crippen LogP contribution in [0.3, 0.4) is 0 Å². The van der Waals surface area contributed by atoms with Gasteiger partial charge in [-0.1, -0.05) is 76.2 Å². The summed E-state index contributed by atoms with van der Waals surface area (Å²) in [5.74, 6) is 1.73. The summed E-state index contributed by atoms with van der Waals surface area (Å²) in [4.78, 5) is 34.7. The number of hydrogen-bond donors (Lipinski definition) is 1. The molecule has 4 rings (SSSR count). The highest BCUT2D eigenvalue weighted by molar-refractivity contribution is 5.73. The molecule has 0 aliphatic heterocycles. The van der Waals surface area contributed by atoms with Gasteiger partial charge in [0.15, 0.2) is 0 Å². The van der Waals surface area contributed by atoms with E-state index in [1.165, 1.54) is 0 Å². The highest BCUT2D eigenvalue weighted by atomic mass is 16.6. The third-order valence-electron chi connectivity index (χ3n) is 8.30. The number of nitrogens with one attached hydrogen (secondary N) is 1. The second-order valence-corrected chi connectivity index (χ2v) is 15.3. The topological polar surface area (TPSA) is 100 Å². The van der Waals surface area contributed by atoms with Gasteiger partial charge >= 0.3 is 12.1 Å². The molecule has 2 heterocycles. The first-order valence-corrected chi connectivity index (χ1v) is 16.8. The lowest BCUT2D eigenvalue weighted by molar-refractivity contribution is -0.155. The Hall–Kier alpha value is -4.40. The third-order valence-corrected chi connectivity index (χ3v) is 8.30. The molecular weight excluding hydrogens is 602 g/mol. The summed E-state index contributed by atoms with van der Waals surface area (Å²) in [5.41, 5.74) is 5.14. The van der Waals surface area contributed by atoms with Crippen LogP contribution in [-0.4, -0.2) is 42.4 Å². The summed E-state index contributed by atoms with van der Waals surface area (Å²) >= 11 is 0. The molecule has 2 aromatic carbocycles. The Labute approximate surface area is 286 Å². The van der Waals surface area contributed by atoms with Gasteiger partial charge in [-0.2, -0.15) is 0 Å². The molecule has 0 saturated carbocycles. The van der Waals surface area contributed by atoms with E-state index >= 15 is 0 Å². The van der Waals surface area contributed by atoms with Crippen molar-refractivity contribution in [3.8, 4) is 33.6 Å². The summed E-state index contributed by atoms with van der Waals surface area (Å²) in [6, 6.07) is 16.6. The highest BCUT2D eigenvalue weighted by Crippen LogP contribution is 2.33. The van der Waals surface area contributed by atoms with Crippen LogP contribution in [0.1, 0.15) is 99.3 Å². The normalized spacial score (nSPS) is 13.5. The van der Waals surface area contributed by atoms with Gasteiger partial charge in [0.25, 0.3) is 0 Å². The minimum absolute atomic E-state index is 0.0515. The maximum absolute atomic E-state index is 12.7. The monoisotopic (exact) mass is 655 g/mol. The fourth-order valence-corrected chi connectivity index (χ4v) is 5.84. The molecule has 2 aromatic heterocycles. The molecule has 0 radical (unpaired) electrons. The average molecular weight is 656 g/mol. The van der Waals surface area contributed by atoms with E-state index in [0.29, 0.717) is 0 Å². The van der Waals surface area contributed by atoms with Crippen LogP contribution < -0.4 is 5.32 Å². The van der Waals surface area contributed by atoms with Gasteiger partial charge in [0.2, 0.25) is 0 Å². The first kappa shape index (κ1) is 36.4. The third kappa shape index (κ3) is 8.94. The first-order valence-electron chi connectivity index (χ1n) is 16.8. The zero-order chi connectivity index (χ0) is 35.6. The van der Waals surface area contributed by atoms with Crippen LogP contribution in [-0.2, 0) is 28.4 Å². The van der Waals surface area contributed by atoms with E-state index in [9.17, 15) is 9.59 Å². The fourth-order valence-electron chi connectivity index (χ4n) is 5.84. The number of aromatic nitrogens is 4. The Morgan fingerprint density at radius 3 is 1.50 bits per heavy atom. The Balaban J connectivity index is 1.50. The molecule has 1 N–H and O–H groups in total. The minimum Gasteiger partial charge on any atom is -0.460 e. The predicted octanol–water partition coefficient (Wildman–Crippen LogP) is 8.85. The quantitative estimate of drug-likeness (QED) is 0.171. The summed E-state index contributed by atoms with van der Waals surface area (Å²) in [6.45, 7) is 19.6. The van der Waals surface area contributed by atoms with Crippen molar-refractivity contribution in [1.29, 1.82) is 0 Å². The van der Waals surface area contributed by atoms with E-state index in [-0.39, 0.29) is 36.2 Å². The molecule has 0 aliphatic rings. The van der Waals surface area contributed by atoms with Crippen molar-refractivity contribution in [2.24, 2.45) is 25.9 Å². The molecule has 258 valence electrons. The largest absolute Gasteiger partial charge is 0.460 e. The van der Waals surface area contributed by atoms with Crippen LogP contribution in [0.4, 0.5) is 4.79 Å². The molecule has 2 atom stereocenters. The van der Waals surface area contributed by atoms with Gasteiger partial charge in [0.05, 0.1) is 36.2 Å². The molecule has 0 fully saturated rings. The van der Waals surface area contributed by atoms with E-state index in [4.69, 9.17) is 19.4 Å². The summed E-state index contributed by atoms with van der Waals surface area (Å²) in [6.07, 6.45) is 3.57. The maximum atomic E-state index is 12.7. The molecule has 0 saturated heterocycles. The summed E-state index contributed by atoms with van der Waals surface area (Å²) in [7, 11) is 3.98. The lowest BCUT2D eigenvalue weighted by Gasteiger charge is -2.25.